The smallest absolute Gasteiger partial charge is 0.401 e. The summed E-state index contributed by atoms with van der Waals surface area (Å²) in [7, 11) is 1.40. The van der Waals surface area contributed by atoms with Crippen LogP contribution in [-0.2, 0) is 4.79 Å². The molecule has 0 aliphatic carbocycles. The number of amides is 1. The Balaban J connectivity index is 1.44. The number of carbonyl (C=O) groups is 1. The minimum absolute atomic E-state index is 0.104. The van der Waals surface area contributed by atoms with Gasteiger partial charge in [0.25, 0.3) is 5.89 Å². The van der Waals surface area contributed by atoms with E-state index in [1.165, 1.54) is 18.2 Å². The lowest BCUT2D eigenvalue weighted by molar-refractivity contribution is -0.143. The molecule has 0 bridgehead atoms. The van der Waals surface area contributed by atoms with Crippen LogP contribution in [0, 0.1) is 17.2 Å². The normalized spacial score (nSPS) is 15.3. The van der Waals surface area contributed by atoms with E-state index in [2.05, 4.69) is 10.3 Å². The lowest BCUT2D eigenvalue weighted by Crippen LogP contribution is -2.41. The number of rotatable bonds is 8. The first kappa shape index (κ1) is 22.7. The molecular formula is C20H24F3N5O3. The molecule has 1 fully saturated rings. The summed E-state index contributed by atoms with van der Waals surface area (Å²) in [5.41, 5.74) is 0.164. The molecule has 1 N–H and O–H groups in total. The summed E-state index contributed by atoms with van der Waals surface area (Å²) in [5, 5.41) is 12.2. The Bertz CT molecular complexity index is 896. The van der Waals surface area contributed by atoms with E-state index in [9.17, 15) is 23.2 Å². The highest BCUT2D eigenvalue weighted by atomic mass is 19.4. The first-order valence-corrected chi connectivity index (χ1v) is 9.99. The number of carbonyl (C=O) groups excluding carboxylic acids is 1. The van der Waals surface area contributed by atoms with Gasteiger partial charge in [0.1, 0.15) is 6.07 Å². The van der Waals surface area contributed by atoms with Crippen LogP contribution in [0.5, 0.6) is 0 Å². The number of nitrogens with one attached hydrogen (secondary N) is 1. The van der Waals surface area contributed by atoms with Crippen molar-refractivity contribution in [3.63, 3.8) is 0 Å². The molecule has 2 aromatic rings. The summed E-state index contributed by atoms with van der Waals surface area (Å²) in [6.45, 7) is 0.655. The first-order valence-electron chi connectivity index (χ1n) is 9.99. The third-order valence-corrected chi connectivity index (χ3v) is 5.07. The number of hydrogen-bond donors (Lipinski definition) is 1. The third kappa shape index (κ3) is 6.24. The van der Waals surface area contributed by atoms with Crippen LogP contribution >= 0.6 is 0 Å². The lowest BCUT2D eigenvalue weighted by Gasteiger charge is -2.31. The van der Waals surface area contributed by atoms with Crippen molar-refractivity contribution in [1.29, 1.82) is 5.26 Å². The highest BCUT2D eigenvalue weighted by Gasteiger charge is 2.30. The second kappa shape index (κ2) is 9.87. The van der Waals surface area contributed by atoms with Gasteiger partial charge in [-0.25, -0.2) is 0 Å². The number of hydrogen-bond acceptors (Lipinski definition) is 7. The van der Waals surface area contributed by atoms with E-state index in [0.29, 0.717) is 50.5 Å². The highest BCUT2D eigenvalue weighted by molar-refractivity contribution is 5.79. The minimum Gasteiger partial charge on any atom is -0.459 e. The van der Waals surface area contributed by atoms with Crippen molar-refractivity contribution in [1.82, 2.24) is 15.2 Å². The predicted molar refractivity (Wildman–Crippen MR) is 105 cm³/mol. The Morgan fingerprint density at radius 2 is 2.16 bits per heavy atom. The van der Waals surface area contributed by atoms with Gasteiger partial charge in [0.05, 0.1) is 12.8 Å². The van der Waals surface area contributed by atoms with Crippen LogP contribution in [0.4, 0.5) is 19.1 Å². The van der Waals surface area contributed by atoms with Gasteiger partial charge < -0.3 is 19.1 Å². The van der Waals surface area contributed by atoms with Gasteiger partial charge in [-0.1, -0.05) is 0 Å². The Hall–Kier alpha value is -3.00. The van der Waals surface area contributed by atoms with E-state index < -0.39 is 12.7 Å². The maximum absolute atomic E-state index is 12.4. The van der Waals surface area contributed by atoms with Gasteiger partial charge in [0.2, 0.25) is 17.5 Å². The number of alkyl halides is 3. The summed E-state index contributed by atoms with van der Waals surface area (Å²) < 4.78 is 47.9. The second-order valence-electron chi connectivity index (χ2n) is 7.52. The number of nitriles is 1. The van der Waals surface area contributed by atoms with Crippen molar-refractivity contribution in [3.05, 3.63) is 24.1 Å². The molecule has 0 saturated carbocycles. The fourth-order valence-electron chi connectivity index (χ4n) is 3.54. The maximum atomic E-state index is 12.4. The van der Waals surface area contributed by atoms with Crippen molar-refractivity contribution in [2.45, 2.75) is 25.4 Å². The zero-order valence-electron chi connectivity index (χ0n) is 17.1. The Kier molecular flexibility index (Phi) is 7.22. The molecule has 0 radical (unpaired) electrons. The van der Waals surface area contributed by atoms with Gasteiger partial charge in [-0.15, -0.1) is 0 Å². The number of aromatic nitrogens is 1. The van der Waals surface area contributed by atoms with E-state index in [4.69, 9.17) is 8.83 Å². The van der Waals surface area contributed by atoms with Crippen LogP contribution in [0.2, 0.25) is 0 Å². The van der Waals surface area contributed by atoms with Gasteiger partial charge in [0.15, 0.2) is 5.76 Å². The number of halogens is 3. The monoisotopic (exact) mass is 439 g/mol. The number of furan rings is 1. The average molecular weight is 439 g/mol. The van der Waals surface area contributed by atoms with Crippen molar-refractivity contribution >= 4 is 11.8 Å². The van der Waals surface area contributed by atoms with Crippen molar-refractivity contribution in [3.8, 4) is 17.7 Å². The van der Waals surface area contributed by atoms with E-state index in [1.54, 1.807) is 12.1 Å². The SMILES string of the molecule is CN(CCCNC(=O)C1CCN(c2oc(-c3ccco3)nc2C#N)CC1)CC(F)(F)F. The standard InChI is InChI=1S/C20H24F3N5O3/c1-27(13-20(21,22)23)8-3-7-25-17(29)14-5-9-28(10-6-14)19-15(12-24)26-18(31-19)16-4-2-11-30-16/h2,4,11,14H,3,5-10,13H2,1H3,(H,25,29). The zero-order valence-corrected chi connectivity index (χ0v) is 17.1. The quantitative estimate of drug-likeness (QED) is 0.632. The van der Waals surface area contributed by atoms with Crippen LogP contribution in [0.3, 0.4) is 0 Å². The molecule has 8 nitrogen and oxygen atoms in total. The largest absolute Gasteiger partial charge is 0.459 e. The van der Waals surface area contributed by atoms with Crippen molar-refractivity contribution in [2.24, 2.45) is 5.92 Å². The topological polar surface area (TPSA) is 98.5 Å². The van der Waals surface area contributed by atoms with Gasteiger partial charge in [-0.3, -0.25) is 9.69 Å². The molecule has 3 heterocycles. The summed E-state index contributed by atoms with van der Waals surface area (Å²) in [6.07, 6.45) is -1.15. The molecule has 2 aromatic heterocycles. The molecule has 31 heavy (non-hydrogen) atoms. The number of oxazole rings is 1. The molecule has 0 spiro atoms. The van der Waals surface area contributed by atoms with Gasteiger partial charge in [-0.05, 0) is 45.0 Å². The van der Waals surface area contributed by atoms with Crippen LogP contribution in [0.15, 0.2) is 27.2 Å². The number of anilines is 1. The molecule has 1 amide bonds. The maximum Gasteiger partial charge on any atom is 0.401 e. The zero-order chi connectivity index (χ0) is 22.4. The Morgan fingerprint density at radius 1 is 1.42 bits per heavy atom. The fraction of sp³-hybridized carbons (Fsp3) is 0.550. The van der Waals surface area contributed by atoms with E-state index in [-0.39, 0.29) is 30.0 Å². The lowest BCUT2D eigenvalue weighted by atomic mass is 9.96. The number of nitrogens with zero attached hydrogens (tertiary/aromatic N) is 4. The van der Waals surface area contributed by atoms with E-state index >= 15 is 0 Å². The fourth-order valence-corrected chi connectivity index (χ4v) is 3.54. The van der Waals surface area contributed by atoms with Crippen LogP contribution < -0.4 is 10.2 Å². The molecule has 0 unspecified atom stereocenters. The third-order valence-electron chi connectivity index (χ3n) is 5.07. The van der Waals surface area contributed by atoms with E-state index in [0.717, 1.165) is 0 Å². The number of piperidine rings is 1. The van der Waals surface area contributed by atoms with Crippen molar-refractivity contribution in [2.75, 3.05) is 44.7 Å². The summed E-state index contributed by atoms with van der Waals surface area (Å²) >= 11 is 0. The first-order chi connectivity index (χ1) is 14.8. The van der Waals surface area contributed by atoms with E-state index in [1.807, 2.05) is 11.0 Å². The molecule has 0 atom stereocenters. The van der Waals surface area contributed by atoms with Crippen molar-refractivity contribution < 1.29 is 26.8 Å². The molecule has 1 aliphatic heterocycles. The van der Waals surface area contributed by atoms with Gasteiger partial charge >= 0.3 is 6.18 Å². The highest BCUT2D eigenvalue weighted by Crippen LogP contribution is 2.31. The minimum atomic E-state index is -4.22. The molecular weight excluding hydrogens is 415 g/mol. The molecule has 0 aromatic carbocycles. The van der Waals surface area contributed by atoms with Crippen LogP contribution in [0.25, 0.3) is 11.7 Å². The molecule has 3 rings (SSSR count). The summed E-state index contributed by atoms with van der Waals surface area (Å²) in [4.78, 5) is 19.6. The summed E-state index contributed by atoms with van der Waals surface area (Å²) in [6, 6.07) is 5.41. The molecule has 11 heteroatoms. The predicted octanol–water partition coefficient (Wildman–Crippen LogP) is 3.02. The van der Waals surface area contributed by atoms with Gasteiger partial charge in [0, 0.05) is 25.6 Å². The molecule has 1 aliphatic rings. The van der Waals surface area contributed by atoms with Crippen LogP contribution in [-0.4, -0.2) is 61.7 Å². The van der Waals surface area contributed by atoms with Gasteiger partial charge in [-0.2, -0.15) is 23.4 Å². The Labute approximate surface area is 177 Å². The molecule has 1 saturated heterocycles. The second-order valence-corrected chi connectivity index (χ2v) is 7.52. The summed E-state index contributed by atoms with van der Waals surface area (Å²) in [5.74, 6) is 0.722. The van der Waals surface area contributed by atoms with Crippen LogP contribution in [0.1, 0.15) is 25.0 Å². The Morgan fingerprint density at radius 3 is 2.77 bits per heavy atom. The molecule has 168 valence electrons. The average Bonchev–Trinajstić information content (AvgIpc) is 3.39.